The molecule has 11 rings (SSSR count). The van der Waals surface area contributed by atoms with Crippen LogP contribution in [0.3, 0.4) is 0 Å². The fourth-order valence-electron chi connectivity index (χ4n) is 10.3. The summed E-state index contributed by atoms with van der Waals surface area (Å²) in [6, 6.07) is 61.6. The highest BCUT2D eigenvalue weighted by Crippen LogP contribution is 2.60. The second kappa shape index (κ2) is 14.1. The van der Waals surface area contributed by atoms with Gasteiger partial charge >= 0.3 is 0 Å². The van der Waals surface area contributed by atoms with Gasteiger partial charge in [-0.3, -0.25) is 4.57 Å². The molecule has 3 heteroatoms. The normalized spacial score (nSPS) is 13.3. The van der Waals surface area contributed by atoms with Crippen LogP contribution < -0.4 is 10.6 Å². The molecule has 0 saturated heterocycles. The highest BCUT2D eigenvalue weighted by atomic mass is 31.2. The topological polar surface area (TPSA) is 26.3 Å². The lowest BCUT2D eigenvalue weighted by atomic mass is 9.83. The quantitative estimate of drug-likeness (QED) is 0.108. The van der Waals surface area contributed by atoms with Crippen molar-refractivity contribution in [3.8, 4) is 11.1 Å². The van der Waals surface area contributed by atoms with Crippen molar-refractivity contribution in [2.24, 2.45) is 0 Å². The molecular formula is C55H43O2P. The molecule has 2 nitrogen and oxygen atoms in total. The first-order valence-electron chi connectivity index (χ1n) is 20.7. The molecule has 0 fully saturated rings. The van der Waals surface area contributed by atoms with Gasteiger partial charge in [-0.1, -0.05) is 158 Å². The lowest BCUT2D eigenvalue weighted by Gasteiger charge is -2.21. The van der Waals surface area contributed by atoms with Crippen LogP contribution in [0.15, 0.2) is 170 Å². The third-order valence-corrected chi connectivity index (χ3v) is 15.5. The van der Waals surface area contributed by atoms with Gasteiger partial charge in [0.1, 0.15) is 0 Å². The molecule has 10 aromatic carbocycles. The Morgan fingerprint density at radius 1 is 0.379 bits per heavy atom. The molecule has 0 amide bonds. The van der Waals surface area contributed by atoms with Crippen LogP contribution in [0, 0.1) is 0 Å². The number of benzene rings is 10. The SMILES string of the molecule is COP1(=O)c2c(CCCc3ccccc3)cc3c4ccccc4c4ccccc4c3c2-c2c1c(CCCc1ccccc1)cc1c3ccccc3c3ccccc3c21. The van der Waals surface area contributed by atoms with E-state index in [1.54, 1.807) is 7.11 Å². The van der Waals surface area contributed by atoms with Crippen LogP contribution in [-0.2, 0) is 34.8 Å². The zero-order valence-corrected chi connectivity index (χ0v) is 33.6. The predicted octanol–water partition coefficient (Wildman–Crippen LogP) is 13.8. The van der Waals surface area contributed by atoms with Crippen molar-refractivity contribution in [3.05, 3.63) is 192 Å². The Morgan fingerprint density at radius 3 is 1.05 bits per heavy atom. The summed E-state index contributed by atoms with van der Waals surface area (Å²) < 4.78 is 23.2. The molecule has 0 bridgehead atoms. The Labute approximate surface area is 339 Å². The summed E-state index contributed by atoms with van der Waals surface area (Å²) in [5.41, 5.74) is 7.11. The largest absolute Gasteiger partial charge is 0.325 e. The zero-order valence-electron chi connectivity index (χ0n) is 32.7. The number of hydrogen-bond acceptors (Lipinski definition) is 2. The first kappa shape index (κ1) is 35.1. The Kier molecular flexibility index (Phi) is 8.54. The van der Waals surface area contributed by atoms with Gasteiger partial charge in [0.25, 0.3) is 7.37 Å². The molecule has 0 aromatic heterocycles. The summed E-state index contributed by atoms with van der Waals surface area (Å²) in [6.07, 6.45) is 5.35. The van der Waals surface area contributed by atoms with Gasteiger partial charge < -0.3 is 4.52 Å². The fourth-order valence-corrected chi connectivity index (χ4v) is 13.0. The zero-order chi connectivity index (χ0) is 38.8. The van der Waals surface area contributed by atoms with Crippen LogP contribution in [0.1, 0.15) is 35.1 Å². The Hall–Kier alpha value is -6.05. The molecule has 0 spiro atoms. The van der Waals surface area contributed by atoms with Crippen molar-refractivity contribution in [3.63, 3.8) is 0 Å². The van der Waals surface area contributed by atoms with E-state index in [4.69, 9.17) is 4.52 Å². The molecule has 0 aliphatic carbocycles. The van der Waals surface area contributed by atoms with Crippen molar-refractivity contribution in [2.75, 3.05) is 7.11 Å². The van der Waals surface area contributed by atoms with Crippen LogP contribution in [0.25, 0.3) is 75.8 Å². The standard InChI is InChI=1S/C55H43O2P/c1-57-58(56)54-38(24-16-22-36-18-4-2-5-19-36)34-48-44-30-10-8-26-40(44)42-28-12-14-32-46(42)50(48)52(54)53-51-47-33-15-13-29-43(47)41-27-9-11-31-45(41)49(51)35-39(55(53)58)25-17-23-37-20-6-3-7-21-37/h2-15,18-21,26-35H,16-17,22-25H2,1H3. The first-order valence-corrected chi connectivity index (χ1v) is 22.3. The van der Waals surface area contributed by atoms with Crippen LogP contribution in [0.2, 0.25) is 0 Å². The maximum absolute atomic E-state index is 16.6. The van der Waals surface area contributed by atoms with E-state index in [1.165, 1.54) is 75.8 Å². The molecule has 1 aliphatic heterocycles. The van der Waals surface area contributed by atoms with E-state index in [-0.39, 0.29) is 0 Å². The lowest BCUT2D eigenvalue weighted by Crippen LogP contribution is -2.19. The molecule has 280 valence electrons. The average molecular weight is 767 g/mol. The second-order valence-electron chi connectivity index (χ2n) is 16.0. The van der Waals surface area contributed by atoms with E-state index < -0.39 is 7.37 Å². The van der Waals surface area contributed by atoms with Crippen molar-refractivity contribution >= 4 is 82.6 Å². The number of fused-ring (bicyclic) bond motifs is 17. The minimum absolute atomic E-state index is 0.792. The maximum Gasteiger partial charge on any atom is 0.262 e. The predicted molar refractivity (Wildman–Crippen MR) is 248 cm³/mol. The summed E-state index contributed by atoms with van der Waals surface area (Å²) in [5, 5.41) is 16.3. The monoisotopic (exact) mass is 766 g/mol. The van der Waals surface area contributed by atoms with Crippen LogP contribution in [-0.4, -0.2) is 7.11 Å². The number of aryl methyl sites for hydroxylation is 4. The first-order chi connectivity index (χ1) is 28.6. The van der Waals surface area contributed by atoms with Gasteiger partial charge in [0.2, 0.25) is 0 Å². The number of hydrogen-bond donors (Lipinski definition) is 0. The van der Waals surface area contributed by atoms with Crippen LogP contribution >= 0.6 is 7.37 Å². The second-order valence-corrected chi connectivity index (χ2v) is 18.3. The molecular weight excluding hydrogens is 724 g/mol. The van der Waals surface area contributed by atoms with Gasteiger partial charge in [0.05, 0.1) is 10.6 Å². The molecule has 58 heavy (non-hydrogen) atoms. The van der Waals surface area contributed by atoms with E-state index in [0.717, 1.165) is 71.4 Å². The van der Waals surface area contributed by atoms with Gasteiger partial charge in [-0.05, 0) is 138 Å². The molecule has 1 heterocycles. The molecule has 0 atom stereocenters. The average Bonchev–Trinajstić information content (AvgIpc) is 3.57. The molecule has 0 unspecified atom stereocenters. The summed E-state index contributed by atoms with van der Waals surface area (Å²) in [6.45, 7) is 0. The minimum Gasteiger partial charge on any atom is -0.325 e. The fraction of sp³-hybridized carbons (Fsp3) is 0.127. The highest BCUT2D eigenvalue weighted by molar-refractivity contribution is 7.76. The maximum atomic E-state index is 16.6. The third kappa shape index (κ3) is 5.39. The molecule has 0 radical (unpaired) electrons. The Bertz CT molecular complexity index is 3080. The molecule has 0 N–H and O–H groups in total. The van der Waals surface area contributed by atoms with Crippen molar-refractivity contribution in [1.29, 1.82) is 0 Å². The minimum atomic E-state index is -3.62. The van der Waals surface area contributed by atoms with E-state index in [2.05, 4.69) is 170 Å². The van der Waals surface area contributed by atoms with Gasteiger partial charge in [-0.25, -0.2) is 0 Å². The van der Waals surface area contributed by atoms with Crippen LogP contribution in [0.5, 0.6) is 0 Å². The summed E-state index contributed by atoms with van der Waals surface area (Å²) >= 11 is 0. The Morgan fingerprint density at radius 2 is 0.690 bits per heavy atom. The Balaban J connectivity index is 1.30. The number of rotatable bonds is 9. The summed E-state index contributed by atoms with van der Waals surface area (Å²) in [7, 11) is -1.93. The van der Waals surface area contributed by atoms with Crippen molar-refractivity contribution < 1.29 is 9.09 Å². The molecule has 0 saturated carbocycles. The van der Waals surface area contributed by atoms with Gasteiger partial charge in [0.15, 0.2) is 0 Å². The lowest BCUT2D eigenvalue weighted by molar-refractivity contribution is 0.412. The van der Waals surface area contributed by atoms with E-state index in [9.17, 15) is 0 Å². The van der Waals surface area contributed by atoms with Gasteiger partial charge in [0, 0.05) is 18.2 Å². The summed E-state index contributed by atoms with van der Waals surface area (Å²) in [4.78, 5) is 0. The smallest absolute Gasteiger partial charge is 0.262 e. The van der Waals surface area contributed by atoms with Crippen molar-refractivity contribution in [1.82, 2.24) is 0 Å². The van der Waals surface area contributed by atoms with Crippen molar-refractivity contribution in [2.45, 2.75) is 38.5 Å². The molecule has 1 aliphatic rings. The van der Waals surface area contributed by atoms with E-state index in [0.29, 0.717) is 0 Å². The van der Waals surface area contributed by atoms with E-state index >= 15 is 4.57 Å². The highest BCUT2D eigenvalue weighted by Gasteiger charge is 2.46. The van der Waals surface area contributed by atoms with E-state index in [1.807, 2.05) is 0 Å². The summed E-state index contributed by atoms with van der Waals surface area (Å²) in [5.74, 6) is 0. The van der Waals surface area contributed by atoms with Crippen LogP contribution in [0.4, 0.5) is 0 Å². The third-order valence-electron chi connectivity index (χ3n) is 12.8. The van der Waals surface area contributed by atoms with Gasteiger partial charge in [-0.2, -0.15) is 0 Å². The molecule has 10 aromatic rings. The van der Waals surface area contributed by atoms with Gasteiger partial charge in [-0.15, -0.1) is 0 Å².